The first-order valence-electron chi connectivity index (χ1n) is 10.4. The molecule has 31 heavy (non-hydrogen) atoms. The Kier molecular flexibility index (Phi) is 7.75. The number of benzene rings is 1. The van der Waals surface area contributed by atoms with Gasteiger partial charge in [-0.15, -0.1) is 0 Å². The van der Waals surface area contributed by atoms with Gasteiger partial charge in [0.25, 0.3) is 0 Å². The van der Waals surface area contributed by atoms with Gasteiger partial charge < -0.3 is 20.7 Å². The van der Waals surface area contributed by atoms with Gasteiger partial charge in [0.15, 0.2) is 5.82 Å². The second-order valence-corrected chi connectivity index (χ2v) is 6.94. The van der Waals surface area contributed by atoms with Crippen molar-refractivity contribution < 1.29 is 9.53 Å². The summed E-state index contributed by atoms with van der Waals surface area (Å²) in [5.41, 5.74) is 2.48. The number of amides is 2. The van der Waals surface area contributed by atoms with Gasteiger partial charge in [-0.2, -0.15) is 0 Å². The first kappa shape index (κ1) is 22.0. The zero-order valence-electron chi connectivity index (χ0n) is 18.1. The van der Waals surface area contributed by atoms with Crippen molar-refractivity contribution in [1.29, 1.82) is 0 Å². The minimum absolute atomic E-state index is 0.111. The van der Waals surface area contributed by atoms with Crippen LogP contribution in [0.5, 0.6) is 5.75 Å². The van der Waals surface area contributed by atoms with Gasteiger partial charge in [0.2, 0.25) is 0 Å². The Balaban J connectivity index is 1.82. The lowest BCUT2D eigenvalue weighted by atomic mass is 10.0. The topological polar surface area (TPSA) is 101 Å². The molecular formula is C23H28N6O2. The highest BCUT2D eigenvalue weighted by Gasteiger charge is 2.14. The molecule has 3 rings (SSSR count). The lowest BCUT2D eigenvalue weighted by molar-refractivity contribution is 0.252. The Labute approximate surface area is 182 Å². The number of aromatic nitrogens is 3. The molecule has 0 aliphatic rings. The van der Waals surface area contributed by atoms with E-state index in [1.54, 1.807) is 25.6 Å². The van der Waals surface area contributed by atoms with E-state index in [1.165, 1.54) is 0 Å². The number of urea groups is 1. The van der Waals surface area contributed by atoms with Crippen molar-refractivity contribution in [3.05, 3.63) is 60.6 Å². The first-order chi connectivity index (χ1) is 15.1. The Bertz CT molecular complexity index is 996. The minimum Gasteiger partial charge on any atom is -0.495 e. The number of rotatable bonds is 9. The zero-order chi connectivity index (χ0) is 22.1. The molecule has 1 atom stereocenters. The van der Waals surface area contributed by atoms with Crippen LogP contribution in [-0.4, -0.2) is 34.6 Å². The van der Waals surface area contributed by atoms with E-state index in [2.05, 4.69) is 43.9 Å². The predicted octanol–water partition coefficient (Wildman–Crippen LogP) is 4.64. The van der Waals surface area contributed by atoms with Gasteiger partial charge in [0.1, 0.15) is 11.6 Å². The summed E-state index contributed by atoms with van der Waals surface area (Å²) in [6, 6.07) is 11.1. The molecule has 0 saturated heterocycles. The van der Waals surface area contributed by atoms with Gasteiger partial charge in [-0.3, -0.25) is 4.98 Å². The van der Waals surface area contributed by atoms with Gasteiger partial charge in [-0.1, -0.05) is 19.4 Å². The van der Waals surface area contributed by atoms with E-state index in [-0.39, 0.29) is 12.1 Å². The number of methoxy groups -OCH3 is 1. The molecule has 3 aromatic rings. The van der Waals surface area contributed by atoms with Crippen LogP contribution in [0.25, 0.3) is 11.4 Å². The van der Waals surface area contributed by atoms with E-state index in [4.69, 9.17) is 4.74 Å². The van der Waals surface area contributed by atoms with Crippen LogP contribution < -0.4 is 20.7 Å². The average Bonchev–Trinajstić information content (AvgIpc) is 2.80. The van der Waals surface area contributed by atoms with Crippen LogP contribution in [0.1, 0.15) is 38.3 Å². The number of nitrogens with one attached hydrogen (secondary N) is 3. The highest BCUT2D eigenvalue weighted by atomic mass is 16.5. The largest absolute Gasteiger partial charge is 0.495 e. The van der Waals surface area contributed by atoms with Crippen LogP contribution >= 0.6 is 0 Å². The molecule has 0 unspecified atom stereocenters. The Morgan fingerprint density at radius 2 is 2.03 bits per heavy atom. The average molecular weight is 421 g/mol. The molecule has 3 N–H and O–H groups in total. The third-order valence-corrected chi connectivity index (χ3v) is 4.69. The molecule has 2 amide bonds. The van der Waals surface area contributed by atoms with Gasteiger partial charge in [-0.25, -0.2) is 14.8 Å². The number of ether oxygens (including phenoxy) is 1. The number of pyridine rings is 1. The molecule has 2 heterocycles. The molecule has 0 aliphatic carbocycles. The van der Waals surface area contributed by atoms with E-state index in [1.807, 2.05) is 37.4 Å². The fraction of sp³-hybridized carbons (Fsp3) is 0.304. The number of hydrogen-bond acceptors (Lipinski definition) is 6. The number of carbonyl (C=O) groups is 1. The summed E-state index contributed by atoms with van der Waals surface area (Å²) in [6.07, 6.45) is 7.36. The van der Waals surface area contributed by atoms with E-state index < -0.39 is 0 Å². The highest BCUT2D eigenvalue weighted by Crippen LogP contribution is 2.30. The maximum absolute atomic E-state index is 11.8. The lowest BCUT2D eigenvalue weighted by Gasteiger charge is -2.19. The van der Waals surface area contributed by atoms with Gasteiger partial charge in [0, 0.05) is 30.7 Å². The van der Waals surface area contributed by atoms with E-state index in [0.717, 1.165) is 29.8 Å². The standard InChI is InChI=1S/C23H28N6O2/c1-4-7-18(17-8-6-12-24-15-17)27-21-11-13-26-22(29-21)16-9-10-19(20(14-16)31-3)28-23(30)25-5-2/h6,8-15,18H,4-5,7H2,1-3H3,(H2,25,28,30)(H,26,27,29)/t18-/m0/s1. The summed E-state index contributed by atoms with van der Waals surface area (Å²) in [7, 11) is 1.56. The Hall–Kier alpha value is -3.68. The monoisotopic (exact) mass is 420 g/mol. The van der Waals surface area contributed by atoms with E-state index in [9.17, 15) is 4.79 Å². The molecule has 1 aromatic carbocycles. The summed E-state index contributed by atoms with van der Waals surface area (Å²) in [4.78, 5) is 25.2. The Morgan fingerprint density at radius 3 is 2.74 bits per heavy atom. The number of nitrogens with zero attached hydrogens (tertiary/aromatic N) is 3. The van der Waals surface area contributed by atoms with Crippen LogP contribution in [0.4, 0.5) is 16.3 Å². The molecule has 2 aromatic heterocycles. The van der Waals surface area contributed by atoms with Crippen LogP contribution in [0.3, 0.4) is 0 Å². The molecule has 0 bridgehead atoms. The SMILES string of the molecule is CCC[C@H](Nc1ccnc(-c2ccc(NC(=O)NCC)c(OC)c2)n1)c1cccnc1. The summed E-state index contributed by atoms with van der Waals surface area (Å²) in [6.45, 7) is 4.55. The second-order valence-electron chi connectivity index (χ2n) is 6.94. The minimum atomic E-state index is -0.284. The summed E-state index contributed by atoms with van der Waals surface area (Å²) in [5.74, 6) is 1.83. The summed E-state index contributed by atoms with van der Waals surface area (Å²) in [5, 5.41) is 8.97. The fourth-order valence-electron chi connectivity index (χ4n) is 3.21. The van der Waals surface area contributed by atoms with E-state index in [0.29, 0.717) is 23.8 Å². The molecule has 162 valence electrons. The lowest BCUT2D eigenvalue weighted by Crippen LogP contribution is -2.28. The van der Waals surface area contributed by atoms with Gasteiger partial charge in [-0.05, 0) is 49.2 Å². The van der Waals surface area contributed by atoms with Crippen molar-refractivity contribution >= 4 is 17.5 Å². The smallest absolute Gasteiger partial charge is 0.319 e. The quantitative estimate of drug-likeness (QED) is 0.466. The maximum atomic E-state index is 11.8. The fourth-order valence-corrected chi connectivity index (χ4v) is 3.21. The number of carbonyl (C=O) groups excluding carboxylic acids is 1. The molecule has 0 spiro atoms. The number of anilines is 2. The normalized spacial score (nSPS) is 11.5. The van der Waals surface area contributed by atoms with Crippen LogP contribution in [0, 0.1) is 0 Å². The first-order valence-corrected chi connectivity index (χ1v) is 10.4. The second kappa shape index (κ2) is 10.9. The molecule has 0 radical (unpaired) electrons. The van der Waals surface area contributed by atoms with Crippen molar-refractivity contribution in [2.45, 2.75) is 32.7 Å². The predicted molar refractivity (Wildman–Crippen MR) is 122 cm³/mol. The summed E-state index contributed by atoms with van der Waals surface area (Å²) < 4.78 is 5.45. The third kappa shape index (κ3) is 5.91. The molecule has 0 saturated carbocycles. The molecule has 0 fully saturated rings. The van der Waals surface area contributed by atoms with E-state index >= 15 is 0 Å². The van der Waals surface area contributed by atoms with Crippen LogP contribution in [-0.2, 0) is 0 Å². The van der Waals surface area contributed by atoms with Crippen molar-refractivity contribution in [3.8, 4) is 17.1 Å². The Morgan fingerprint density at radius 1 is 1.16 bits per heavy atom. The zero-order valence-corrected chi connectivity index (χ0v) is 18.1. The highest BCUT2D eigenvalue weighted by molar-refractivity contribution is 5.91. The summed E-state index contributed by atoms with van der Waals surface area (Å²) >= 11 is 0. The molecule has 0 aliphatic heterocycles. The van der Waals surface area contributed by atoms with Crippen molar-refractivity contribution in [1.82, 2.24) is 20.3 Å². The van der Waals surface area contributed by atoms with Crippen molar-refractivity contribution in [2.24, 2.45) is 0 Å². The van der Waals surface area contributed by atoms with Crippen LogP contribution in [0.2, 0.25) is 0 Å². The van der Waals surface area contributed by atoms with Crippen LogP contribution in [0.15, 0.2) is 55.0 Å². The number of hydrogen-bond donors (Lipinski definition) is 3. The molecule has 8 heteroatoms. The molecule has 8 nitrogen and oxygen atoms in total. The van der Waals surface area contributed by atoms with Crippen molar-refractivity contribution in [2.75, 3.05) is 24.3 Å². The third-order valence-electron chi connectivity index (χ3n) is 4.69. The maximum Gasteiger partial charge on any atom is 0.319 e. The van der Waals surface area contributed by atoms with Gasteiger partial charge in [0.05, 0.1) is 18.8 Å². The van der Waals surface area contributed by atoms with Crippen molar-refractivity contribution in [3.63, 3.8) is 0 Å². The molecular weight excluding hydrogens is 392 g/mol. The van der Waals surface area contributed by atoms with Gasteiger partial charge >= 0.3 is 6.03 Å².